The normalized spacial score (nSPS) is 12.2. The second-order valence-corrected chi connectivity index (χ2v) is 20.6. The molecule has 0 saturated carbocycles. The third-order valence-electron chi connectivity index (χ3n) is 15.6. The van der Waals surface area contributed by atoms with Crippen LogP contribution >= 0.6 is 0 Å². The first-order valence-corrected chi connectivity index (χ1v) is 26.4. The minimum atomic E-state index is -0.115. The van der Waals surface area contributed by atoms with Crippen LogP contribution in [0.15, 0.2) is 285 Å². The van der Waals surface area contributed by atoms with Gasteiger partial charge in [-0.3, -0.25) is 0 Å². The average molecular weight is 973 g/mol. The van der Waals surface area contributed by atoms with E-state index in [1.807, 2.05) is 0 Å². The van der Waals surface area contributed by atoms with Gasteiger partial charge >= 0.3 is 0 Å². The largest absolute Gasteiger partial charge is 0.310 e. The summed E-state index contributed by atoms with van der Waals surface area (Å²) in [6.45, 7) is 6.93. The molecule has 0 atom stereocenters. The fraction of sp³-hybridized carbons (Fsp3) is 0.0541. The van der Waals surface area contributed by atoms with E-state index < -0.39 is 0 Å². The zero-order chi connectivity index (χ0) is 51.2. The lowest BCUT2D eigenvalue weighted by atomic mass is 9.82. The van der Waals surface area contributed by atoms with E-state index in [4.69, 9.17) is 0 Å². The van der Waals surface area contributed by atoms with Crippen molar-refractivity contribution in [3.63, 3.8) is 0 Å². The number of anilines is 6. The minimum absolute atomic E-state index is 0.115. The quantitative estimate of drug-likeness (QED) is 0.127. The third-order valence-corrected chi connectivity index (χ3v) is 15.6. The number of aryl methyl sites for hydroxylation is 1. The second-order valence-electron chi connectivity index (χ2n) is 20.6. The SMILES string of the molecule is Cc1ccccc1N(c1ccc(-c2cc(-c3ccccc3)c(-c3ccc(N(c4ccc(-c5ccccc5)cc4)c4ccc5ccccc5c4)cc3)cc2-c2ccccc2)cc1)c1ccc2c(c1)C(C)(C)c1ccccc1-2. The summed E-state index contributed by atoms with van der Waals surface area (Å²) in [7, 11) is 0. The van der Waals surface area contributed by atoms with Crippen molar-refractivity contribution < 1.29 is 0 Å². The molecule has 76 heavy (non-hydrogen) atoms. The summed E-state index contributed by atoms with van der Waals surface area (Å²) in [6.07, 6.45) is 0. The summed E-state index contributed by atoms with van der Waals surface area (Å²) < 4.78 is 0. The zero-order valence-electron chi connectivity index (χ0n) is 43.0. The topological polar surface area (TPSA) is 6.48 Å². The Balaban J connectivity index is 0.918. The summed E-state index contributed by atoms with van der Waals surface area (Å²) in [6, 6.07) is 104. The van der Waals surface area contributed by atoms with Crippen molar-refractivity contribution >= 4 is 44.9 Å². The smallest absolute Gasteiger partial charge is 0.0490 e. The molecule has 0 heterocycles. The van der Waals surface area contributed by atoms with E-state index in [-0.39, 0.29) is 5.41 Å². The van der Waals surface area contributed by atoms with Crippen molar-refractivity contribution in [2.45, 2.75) is 26.2 Å². The van der Waals surface area contributed by atoms with Gasteiger partial charge in [-0.15, -0.1) is 0 Å². The molecule has 0 N–H and O–H groups in total. The number of para-hydroxylation sites is 1. The molecule has 1 aliphatic carbocycles. The van der Waals surface area contributed by atoms with Gasteiger partial charge in [-0.25, -0.2) is 0 Å². The van der Waals surface area contributed by atoms with E-state index in [0.717, 1.165) is 45.3 Å². The van der Waals surface area contributed by atoms with Crippen molar-refractivity contribution in [1.29, 1.82) is 0 Å². The van der Waals surface area contributed by atoms with Crippen LogP contribution in [0, 0.1) is 6.92 Å². The molecule has 2 nitrogen and oxygen atoms in total. The minimum Gasteiger partial charge on any atom is -0.310 e. The fourth-order valence-corrected chi connectivity index (χ4v) is 11.6. The fourth-order valence-electron chi connectivity index (χ4n) is 11.6. The highest BCUT2D eigenvalue weighted by Gasteiger charge is 2.36. The Morgan fingerprint density at radius 3 is 1.22 bits per heavy atom. The Kier molecular flexibility index (Phi) is 11.8. The molecular weight excluding hydrogens is 917 g/mol. The molecule has 12 aromatic rings. The molecule has 2 heteroatoms. The Bertz CT molecular complexity index is 4050. The van der Waals surface area contributed by atoms with Crippen LogP contribution in [0.1, 0.15) is 30.5 Å². The maximum Gasteiger partial charge on any atom is 0.0490 e. The van der Waals surface area contributed by atoms with Crippen LogP contribution in [0.3, 0.4) is 0 Å². The number of fused-ring (bicyclic) bond motifs is 4. The number of benzene rings is 12. The van der Waals surface area contributed by atoms with Crippen molar-refractivity contribution in [3.8, 4) is 66.8 Å². The summed E-state index contributed by atoms with van der Waals surface area (Å²) in [5.74, 6) is 0. The van der Waals surface area contributed by atoms with Crippen LogP contribution in [-0.2, 0) is 5.41 Å². The van der Waals surface area contributed by atoms with Crippen LogP contribution in [0.5, 0.6) is 0 Å². The molecule has 0 saturated heterocycles. The first kappa shape index (κ1) is 46.3. The van der Waals surface area contributed by atoms with Gasteiger partial charge in [0.2, 0.25) is 0 Å². The Labute approximate surface area is 447 Å². The van der Waals surface area contributed by atoms with Crippen LogP contribution in [0.25, 0.3) is 77.5 Å². The molecule has 362 valence electrons. The van der Waals surface area contributed by atoms with Crippen molar-refractivity contribution in [3.05, 3.63) is 302 Å². The summed E-state index contributed by atoms with van der Waals surface area (Å²) in [5.41, 5.74) is 24.9. The summed E-state index contributed by atoms with van der Waals surface area (Å²) in [4.78, 5) is 4.80. The molecule has 0 spiro atoms. The summed E-state index contributed by atoms with van der Waals surface area (Å²) in [5, 5.41) is 2.43. The lowest BCUT2D eigenvalue weighted by Crippen LogP contribution is -2.16. The van der Waals surface area contributed by atoms with Crippen LogP contribution in [0.2, 0.25) is 0 Å². The molecule has 0 fully saturated rings. The molecule has 13 rings (SSSR count). The monoisotopic (exact) mass is 972 g/mol. The Hall–Kier alpha value is -9.50. The van der Waals surface area contributed by atoms with Gasteiger partial charge in [0.1, 0.15) is 0 Å². The maximum atomic E-state index is 2.43. The number of rotatable bonds is 11. The first-order valence-electron chi connectivity index (χ1n) is 26.4. The van der Waals surface area contributed by atoms with Gasteiger partial charge in [0.15, 0.2) is 0 Å². The molecule has 0 unspecified atom stereocenters. The Morgan fingerprint density at radius 2 is 0.645 bits per heavy atom. The molecular formula is C74H56N2. The Morgan fingerprint density at radius 1 is 0.250 bits per heavy atom. The second kappa shape index (κ2) is 19.4. The number of hydrogen-bond acceptors (Lipinski definition) is 2. The summed E-state index contributed by atoms with van der Waals surface area (Å²) >= 11 is 0. The molecule has 0 aliphatic heterocycles. The van der Waals surface area contributed by atoms with Gasteiger partial charge in [0.05, 0.1) is 0 Å². The van der Waals surface area contributed by atoms with E-state index in [1.54, 1.807) is 0 Å². The number of nitrogens with zero attached hydrogens (tertiary/aromatic N) is 2. The number of hydrogen-bond donors (Lipinski definition) is 0. The predicted molar refractivity (Wildman–Crippen MR) is 323 cm³/mol. The van der Waals surface area contributed by atoms with Crippen molar-refractivity contribution in [1.82, 2.24) is 0 Å². The van der Waals surface area contributed by atoms with Gasteiger partial charge in [-0.1, -0.05) is 220 Å². The van der Waals surface area contributed by atoms with E-state index in [0.29, 0.717) is 0 Å². The van der Waals surface area contributed by atoms with Gasteiger partial charge in [-0.05, 0) is 180 Å². The van der Waals surface area contributed by atoms with Crippen molar-refractivity contribution in [2.75, 3.05) is 9.80 Å². The van der Waals surface area contributed by atoms with Crippen molar-refractivity contribution in [2.24, 2.45) is 0 Å². The molecule has 0 aromatic heterocycles. The predicted octanol–water partition coefficient (Wildman–Crippen LogP) is 20.7. The van der Waals surface area contributed by atoms with Gasteiger partial charge in [0, 0.05) is 39.5 Å². The van der Waals surface area contributed by atoms with E-state index in [9.17, 15) is 0 Å². The lowest BCUT2D eigenvalue weighted by molar-refractivity contribution is 0.660. The first-order chi connectivity index (χ1) is 37.4. The molecule has 12 aromatic carbocycles. The molecule has 0 amide bonds. The van der Waals surface area contributed by atoms with Crippen LogP contribution in [0.4, 0.5) is 34.1 Å². The van der Waals surface area contributed by atoms with E-state index >= 15 is 0 Å². The highest BCUT2D eigenvalue weighted by molar-refractivity contribution is 5.97. The zero-order valence-corrected chi connectivity index (χ0v) is 43.0. The van der Waals surface area contributed by atoms with E-state index in [1.165, 1.54) is 83.1 Å². The maximum absolute atomic E-state index is 2.43. The highest BCUT2D eigenvalue weighted by Crippen LogP contribution is 2.51. The third kappa shape index (κ3) is 8.44. The van der Waals surface area contributed by atoms with E-state index in [2.05, 4.69) is 316 Å². The van der Waals surface area contributed by atoms with Gasteiger partial charge < -0.3 is 9.80 Å². The molecule has 1 aliphatic rings. The lowest BCUT2D eigenvalue weighted by Gasteiger charge is -2.29. The molecule has 0 radical (unpaired) electrons. The molecule has 0 bridgehead atoms. The van der Waals surface area contributed by atoms with Crippen LogP contribution < -0.4 is 9.80 Å². The van der Waals surface area contributed by atoms with Gasteiger partial charge in [-0.2, -0.15) is 0 Å². The van der Waals surface area contributed by atoms with Crippen LogP contribution in [-0.4, -0.2) is 0 Å². The average Bonchev–Trinajstić information content (AvgIpc) is 3.74. The standard InChI is InChI=1S/C74H56N2/c1-51-19-13-18-30-73(51)76(64-45-46-66-65-28-16-17-29-71(65)74(2,3)72(66)48-64)62-42-36-58(37-43-62)70-50-67(55-23-9-5-10-24-55)69(49-68(70)56-25-11-6-12-26-56)57-34-40-61(41-35-57)75(63-44-33-53-22-14-15-27-59(53)47-63)60-38-31-54(32-39-60)52-20-7-4-8-21-52/h4-50H,1-3H3. The van der Waals surface area contributed by atoms with Gasteiger partial charge in [0.25, 0.3) is 0 Å². The highest BCUT2D eigenvalue weighted by atomic mass is 15.1.